The fourth-order valence-electron chi connectivity index (χ4n) is 9.41. The molecule has 10 aromatic carbocycles. The maximum Gasteiger partial charge on any atom is 0.143 e. The zero-order chi connectivity index (χ0) is 41.1. The zero-order valence-corrected chi connectivity index (χ0v) is 33.5. The topological polar surface area (TPSA) is 21.3 Å². The first kappa shape index (κ1) is 35.7. The Kier molecular flexibility index (Phi) is 8.36. The minimum Gasteiger partial charge on any atom is -0.455 e. The van der Waals surface area contributed by atoms with Crippen LogP contribution in [0.1, 0.15) is 0 Å². The van der Waals surface area contributed by atoms with Gasteiger partial charge in [-0.2, -0.15) is 0 Å². The van der Waals surface area contributed by atoms with Crippen molar-refractivity contribution in [1.29, 1.82) is 0 Å². The normalized spacial score (nSPS) is 11.6. The van der Waals surface area contributed by atoms with Crippen LogP contribution in [0.5, 0.6) is 0 Å². The van der Waals surface area contributed by atoms with Crippen molar-refractivity contribution in [3.63, 3.8) is 0 Å². The van der Waals surface area contributed by atoms with Gasteiger partial charge >= 0.3 is 0 Å². The quantitative estimate of drug-likeness (QED) is 0.160. The van der Waals surface area contributed by atoms with Crippen molar-refractivity contribution in [2.24, 2.45) is 0 Å². The summed E-state index contributed by atoms with van der Waals surface area (Å²) in [7, 11) is 0. The molecule has 0 N–H and O–H groups in total. The van der Waals surface area contributed by atoms with Crippen molar-refractivity contribution in [3.8, 4) is 39.1 Å². The zero-order valence-electron chi connectivity index (χ0n) is 33.5. The molecule has 0 atom stereocenters. The number of hydrogen-bond acceptors (Lipinski definition) is 2. The first-order chi connectivity index (χ1) is 30.7. The number of furan rings is 1. The second-order valence-electron chi connectivity index (χ2n) is 15.8. The summed E-state index contributed by atoms with van der Waals surface area (Å²) in [5.41, 5.74) is 14.4. The van der Waals surface area contributed by atoms with Crippen molar-refractivity contribution in [2.45, 2.75) is 0 Å². The molecule has 0 amide bonds. The Balaban J connectivity index is 0.999. The van der Waals surface area contributed by atoms with E-state index in [4.69, 9.17) is 4.42 Å². The number of halogens is 1. The van der Waals surface area contributed by atoms with E-state index in [0.717, 1.165) is 111 Å². The summed E-state index contributed by atoms with van der Waals surface area (Å²) in [5.74, 6) is -0.252. The lowest BCUT2D eigenvalue weighted by molar-refractivity contribution is 0.629. The van der Waals surface area contributed by atoms with Gasteiger partial charge in [0, 0.05) is 49.6 Å². The molecule has 0 fully saturated rings. The molecule has 62 heavy (non-hydrogen) atoms. The van der Waals surface area contributed by atoms with Crippen molar-refractivity contribution >= 4 is 71.6 Å². The number of aromatic nitrogens is 1. The van der Waals surface area contributed by atoms with E-state index >= 15 is 0 Å². The van der Waals surface area contributed by atoms with Crippen molar-refractivity contribution in [1.82, 2.24) is 4.57 Å². The predicted molar refractivity (Wildman–Crippen MR) is 257 cm³/mol. The van der Waals surface area contributed by atoms with E-state index in [2.05, 4.69) is 191 Å². The Morgan fingerprint density at radius 3 is 1.87 bits per heavy atom. The Labute approximate surface area is 357 Å². The van der Waals surface area contributed by atoms with Crippen LogP contribution in [0.4, 0.5) is 21.5 Å². The van der Waals surface area contributed by atoms with Crippen LogP contribution in [0, 0.1) is 5.82 Å². The highest BCUT2D eigenvalue weighted by Gasteiger charge is 2.20. The maximum absolute atomic E-state index is 14.7. The summed E-state index contributed by atoms with van der Waals surface area (Å²) in [5, 5.41) is 6.62. The summed E-state index contributed by atoms with van der Waals surface area (Å²) in [6.45, 7) is 0. The molecule has 292 valence electrons. The third kappa shape index (κ3) is 5.88. The lowest BCUT2D eigenvalue weighted by atomic mass is 9.95. The minimum absolute atomic E-state index is 0.252. The van der Waals surface area contributed by atoms with Gasteiger partial charge in [-0.25, -0.2) is 4.39 Å². The van der Waals surface area contributed by atoms with Gasteiger partial charge in [-0.1, -0.05) is 152 Å². The van der Waals surface area contributed by atoms with Gasteiger partial charge in [0.25, 0.3) is 0 Å². The SMILES string of the molecule is Fc1ccc2c3ccccc3n(-c3cccc(-c4ccc(N(c5cccc(-c6ccccc6)c5)c5cccc6c(-c7cccc8c7oc7ccccc78)cccc56)cc4)c3)c2c1. The Hall–Kier alpha value is -8.21. The molecule has 0 bridgehead atoms. The van der Waals surface area contributed by atoms with Crippen molar-refractivity contribution < 1.29 is 8.81 Å². The van der Waals surface area contributed by atoms with Crippen LogP contribution < -0.4 is 4.90 Å². The number of anilines is 3. The monoisotopic (exact) mass is 796 g/mol. The first-order valence-corrected chi connectivity index (χ1v) is 20.9. The average molecular weight is 797 g/mol. The third-order valence-electron chi connectivity index (χ3n) is 12.2. The number of rotatable bonds is 7. The largest absolute Gasteiger partial charge is 0.455 e. The molecule has 0 aliphatic rings. The highest BCUT2D eigenvalue weighted by atomic mass is 19.1. The fourth-order valence-corrected chi connectivity index (χ4v) is 9.41. The number of nitrogens with zero attached hydrogens (tertiary/aromatic N) is 2. The smallest absolute Gasteiger partial charge is 0.143 e. The predicted octanol–water partition coefficient (Wildman–Crippen LogP) is 16.4. The van der Waals surface area contributed by atoms with Crippen molar-refractivity contribution in [2.75, 3.05) is 4.90 Å². The first-order valence-electron chi connectivity index (χ1n) is 20.9. The molecule has 0 unspecified atom stereocenters. The summed E-state index contributed by atoms with van der Waals surface area (Å²) >= 11 is 0. The molecule has 0 radical (unpaired) electrons. The molecule has 2 aromatic heterocycles. The highest BCUT2D eigenvalue weighted by molar-refractivity contribution is 6.14. The molecule has 12 aromatic rings. The van der Waals surface area contributed by atoms with Gasteiger partial charge in [-0.05, 0) is 106 Å². The average Bonchev–Trinajstić information content (AvgIpc) is 3.88. The summed E-state index contributed by atoms with van der Waals surface area (Å²) < 4.78 is 23.4. The molecule has 0 saturated heterocycles. The van der Waals surface area contributed by atoms with Crippen molar-refractivity contribution in [3.05, 3.63) is 230 Å². The van der Waals surface area contributed by atoms with E-state index < -0.39 is 0 Å². The molecule has 12 rings (SSSR count). The Bertz CT molecular complexity index is 3660. The summed E-state index contributed by atoms with van der Waals surface area (Å²) in [6.07, 6.45) is 0. The molecular formula is C58H37FN2O. The molecule has 3 nitrogen and oxygen atoms in total. The number of hydrogen-bond donors (Lipinski definition) is 0. The lowest BCUT2D eigenvalue weighted by Gasteiger charge is -2.28. The van der Waals surface area contributed by atoms with Gasteiger partial charge in [0.15, 0.2) is 0 Å². The molecule has 0 spiro atoms. The van der Waals surface area contributed by atoms with Crippen LogP contribution >= 0.6 is 0 Å². The third-order valence-corrected chi connectivity index (χ3v) is 12.2. The molecule has 0 saturated carbocycles. The second kappa shape index (κ2) is 14.5. The van der Waals surface area contributed by atoms with Crippen LogP contribution in [-0.2, 0) is 0 Å². The summed E-state index contributed by atoms with van der Waals surface area (Å²) in [6, 6.07) is 77.9. The number of fused-ring (bicyclic) bond motifs is 7. The lowest BCUT2D eigenvalue weighted by Crippen LogP contribution is -2.10. The van der Waals surface area contributed by atoms with Gasteiger partial charge in [0.2, 0.25) is 0 Å². The van der Waals surface area contributed by atoms with E-state index in [9.17, 15) is 4.39 Å². The van der Waals surface area contributed by atoms with Crippen LogP contribution in [0.25, 0.3) is 93.6 Å². The molecule has 0 aliphatic heterocycles. The van der Waals surface area contributed by atoms with Crippen LogP contribution in [-0.4, -0.2) is 4.57 Å². The van der Waals surface area contributed by atoms with E-state index in [1.807, 2.05) is 30.3 Å². The van der Waals surface area contributed by atoms with Gasteiger partial charge in [-0.15, -0.1) is 0 Å². The standard InChI is InChI=1S/C58H37FN2O/c59-42-31-34-50-49-19-4-6-26-55(49)61(56(50)37-42)45-18-9-16-41(36-45)39-29-32-43(33-30-39)60(44-17-8-15-40(35-44)38-13-2-1-3-14-38)54-27-12-22-46-47(21-10-23-48(46)54)52-24-11-25-53-51-20-5-7-28-57(51)62-58(52)53/h1-37H. The van der Waals surface area contributed by atoms with Gasteiger partial charge in [-0.3, -0.25) is 0 Å². The van der Waals surface area contributed by atoms with Gasteiger partial charge in [0.1, 0.15) is 17.0 Å². The highest BCUT2D eigenvalue weighted by Crippen LogP contribution is 2.45. The van der Waals surface area contributed by atoms with Gasteiger partial charge in [0.05, 0.1) is 16.7 Å². The van der Waals surface area contributed by atoms with E-state index in [1.165, 1.54) is 6.07 Å². The molecule has 4 heteroatoms. The van der Waals surface area contributed by atoms with Gasteiger partial charge < -0.3 is 13.9 Å². The van der Waals surface area contributed by atoms with E-state index in [1.54, 1.807) is 6.07 Å². The Morgan fingerprint density at radius 1 is 0.371 bits per heavy atom. The van der Waals surface area contributed by atoms with Crippen LogP contribution in [0.15, 0.2) is 229 Å². The van der Waals surface area contributed by atoms with E-state index in [0.29, 0.717) is 0 Å². The number of para-hydroxylation sites is 3. The maximum atomic E-state index is 14.7. The molecule has 2 heterocycles. The van der Waals surface area contributed by atoms with Crippen LogP contribution in [0.2, 0.25) is 0 Å². The second-order valence-corrected chi connectivity index (χ2v) is 15.8. The molecular weight excluding hydrogens is 760 g/mol. The molecule has 0 aliphatic carbocycles. The minimum atomic E-state index is -0.252. The Morgan fingerprint density at radius 2 is 1.00 bits per heavy atom. The van der Waals surface area contributed by atoms with E-state index in [-0.39, 0.29) is 5.82 Å². The fraction of sp³-hybridized carbons (Fsp3) is 0. The van der Waals surface area contributed by atoms with Crippen LogP contribution in [0.3, 0.4) is 0 Å². The number of benzene rings is 10. The summed E-state index contributed by atoms with van der Waals surface area (Å²) in [4.78, 5) is 2.37.